The molecular weight excluding hydrogens is 1930 g/mol. The molecule has 4 aliphatic heterocycles. The first-order valence-electron chi connectivity index (χ1n) is 53.8. The van der Waals surface area contributed by atoms with Gasteiger partial charge in [-0.15, -0.1) is 0 Å². The monoisotopic (exact) mass is 2110 g/mol. The van der Waals surface area contributed by atoms with E-state index in [1.807, 2.05) is 133 Å². The summed E-state index contributed by atoms with van der Waals surface area (Å²) in [6.07, 6.45) is 12.2. The first kappa shape index (κ1) is 127. The molecule has 147 heavy (non-hydrogen) atoms. The van der Waals surface area contributed by atoms with Crippen molar-refractivity contribution in [1.29, 1.82) is 0 Å². The van der Waals surface area contributed by atoms with Crippen molar-refractivity contribution in [2.24, 2.45) is 117 Å². The maximum absolute atomic E-state index is 13.9. The summed E-state index contributed by atoms with van der Waals surface area (Å²) in [7, 11) is 0. The van der Waals surface area contributed by atoms with Gasteiger partial charge in [-0.3, -0.25) is 43.2 Å². The Morgan fingerprint density at radius 2 is 0.884 bits per heavy atom. The van der Waals surface area contributed by atoms with E-state index in [9.17, 15) is 38.7 Å². The summed E-state index contributed by atoms with van der Waals surface area (Å²) in [5, 5.41) is 50.2. The van der Waals surface area contributed by atoms with Gasteiger partial charge in [0.05, 0.1) is 48.0 Å². The van der Waals surface area contributed by atoms with E-state index >= 15 is 0 Å². The highest BCUT2D eigenvalue weighted by Crippen LogP contribution is 2.41. The van der Waals surface area contributed by atoms with Crippen LogP contribution in [0.2, 0.25) is 0 Å². The number of benzene rings is 6. The first-order valence-corrected chi connectivity index (χ1v) is 54.6. The number of ether oxygens (including phenoxy) is 7. The van der Waals surface area contributed by atoms with Crippen LogP contribution in [-0.2, 0) is 123 Å². The van der Waals surface area contributed by atoms with Crippen LogP contribution in [-0.4, -0.2) is 181 Å². The van der Waals surface area contributed by atoms with Crippen molar-refractivity contribution in [3.05, 3.63) is 210 Å². The fraction of sp³-hybridized carbons (Fsp3) is 0.639. The van der Waals surface area contributed by atoms with Crippen LogP contribution in [0.1, 0.15) is 279 Å². The molecule has 13 N–H and O–H groups in total. The predicted octanol–water partition coefficient (Wildman–Crippen LogP) is 18.7. The Bertz CT molecular complexity index is 4880. The number of nitrogens with zero attached hydrogens (tertiary/aromatic N) is 1. The highest BCUT2D eigenvalue weighted by atomic mass is 79.9. The molecule has 16 atom stereocenters. The third-order valence-electron chi connectivity index (χ3n) is 29.9. The van der Waals surface area contributed by atoms with Crippen LogP contribution >= 0.6 is 15.9 Å². The van der Waals surface area contributed by atoms with Crippen molar-refractivity contribution in [2.75, 3.05) is 60.1 Å². The summed E-state index contributed by atoms with van der Waals surface area (Å²) in [6.45, 7) is 47.1. The molecule has 0 aliphatic carbocycles. The molecule has 0 bridgehead atoms. The van der Waals surface area contributed by atoms with E-state index in [1.54, 1.807) is 13.8 Å². The number of aliphatic hydroxyl groups excluding tert-OH is 5. The van der Waals surface area contributed by atoms with Crippen molar-refractivity contribution in [3.8, 4) is 0 Å². The van der Waals surface area contributed by atoms with Crippen molar-refractivity contribution >= 4 is 57.3 Å². The van der Waals surface area contributed by atoms with Crippen LogP contribution in [0.4, 0.5) is 0 Å². The van der Waals surface area contributed by atoms with E-state index in [0.29, 0.717) is 101 Å². The molecule has 4 saturated heterocycles. The molecular formula is C119H183BrN6O21. The maximum Gasteiger partial charge on any atom is 0.309 e. The second kappa shape index (κ2) is 65.9. The Hall–Kier alpha value is -8.27. The van der Waals surface area contributed by atoms with Gasteiger partial charge in [-0.25, -0.2) is 5.06 Å². The number of ketones is 1. The summed E-state index contributed by atoms with van der Waals surface area (Å²) in [5.41, 5.74) is 36.1. The van der Waals surface area contributed by atoms with E-state index in [0.717, 1.165) is 104 Å². The van der Waals surface area contributed by atoms with E-state index < -0.39 is 29.4 Å². The van der Waals surface area contributed by atoms with Crippen molar-refractivity contribution in [2.45, 2.75) is 330 Å². The predicted molar refractivity (Wildman–Crippen MR) is 581 cm³/mol. The molecule has 3 amide bonds. The third kappa shape index (κ3) is 43.1. The van der Waals surface area contributed by atoms with Gasteiger partial charge in [-0.1, -0.05) is 242 Å². The van der Waals surface area contributed by atoms with Crippen LogP contribution < -0.4 is 28.0 Å². The second-order valence-electron chi connectivity index (χ2n) is 44.3. The van der Waals surface area contributed by atoms with Crippen LogP contribution in [0.15, 0.2) is 138 Å². The standard InChI is InChI=1S/C32H45NO6.C30H53N3O5.C25H41NO4.C21H29NO4.C11H15BrO2/c1-21(2)27(31(35)26-14-13-23(5)25(16-26)12-9-15-37-20-34)17-29(30-18-28(22(3)4)32(36)39-30)33-38-19-24-10-7-6-8-11-24;1-19(2)24(14-22-11-10-21(5)23(13-22)9-8-12-38-18-34)15-26(31)27(35)16-25(20(3)4)28(36)33-17-30(6,7)29(32)37;1-16(2)21(13-23(26)24-14-22(17(3)4)25(28)30-24)12-19-9-8-18(5)20(11-19)7-6-10-29-15-27;1-13(2)16-10-18(19-11-17(14(3)4)21(24)26-19)22(20(16)23)25-12-15-8-6-5-7-9-15;1-9-4-5-11(12)7-10(9)3-2-6-14-8-13/h6-8,10-11,13-14,16,21-22,27-30,33-34H,9,12,15,17-20H2,1-5H3;10-11,13,19-20,24-27,34-35H,8-9,12,14-18,31H2,1-7H3,(H2,32,37)(H,33,36);8-9,11,16-17,21-24,27H,6-7,10,12-15,26H2,1-5H3;5-9,13-14,16-19H,10-12H2,1-4H3;4-5,7,13H,2-3,6,8H2,1H3/t27-,28-,29-,30-;24-,25-,26-,27-;21-,22-,23-,24-;16-,17-,18?,19-;/m0000./s1. The highest BCUT2D eigenvalue weighted by molar-refractivity contribution is 9.10. The number of carbonyl (C=O) groups is 7. The molecule has 0 aromatic heterocycles. The molecule has 1 unspecified atom stereocenters. The molecule has 27 nitrogen and oxygen atoms in total. The van der Waals surface area contributed by atoms with Crippen molar-refractivity contribution in [1.82, 2.24) is 15.9 Å². The summed E-state index contributed by atoms with van der Waals surface area (Å²) in [5.74, 6) is 0.552. The normalized spacial score (nSPS) is 19.5. The zero-order chi connectivity index (χ0) is 109. The number of nitrogens with one attached hydrogen (secondary N) is 2. The summed E-state index contributed by atoms with van der Waals surface area (Å²) in [6, 6.07) is 44.0. The van der Waals surface area contributed by atoms with E-state index in [4.69, 9.17) is 80.5 Å². The zero-order valence-corrected chi connectivity index (χ0v) is 94.0. The lowest BCUT2D eigenvalue weighted by molar-refractivity contribution is -0.207. The Morgan fingerprint density at radius 1 is 0.469 bits per heavy atom. The Morgan fingerprint density at radius 3 is 1.32 bits per heavy atom. The number of primary amides is 1. The van der Waals surface area contributed by atoms with Crippen molar-refractivity contribution < 1.29 is 102 Å². The number of hydrogen-bond donors (Lipinski definition) is 10. The number of amides is 3. The number of hydrogen-bond acceptors (Lipinski definition) is 24. The third-order valence-corrected chi connectivity index (χ3v) is 30.4. The number of aryl methyl sites for hydroxylation is 8. The summed E-state index contributed by atoms with van der Waals surface area (Å²) < 4.78 is 38.3. The lowest BCUT2D eigenvalue weighted by atomic mass is 9.80. The SMILES string of the molecule is CC(C)[C@@H]1C[C@@H](C2C[C@@H](C(C)C)C(=O)N2OCc2ccccc2)OC1=O.Cc1ccc(Br)cc1CCCOCO.Cc1ccc(C(=O)[C@@H](C[C@H](NOCc2ccccc2)[C@@H]2C[C@@H](C(C)C)C(=O)O2)C(C)C)cc1CCCOCO.Cc1ccc(C[C@@H](C[C@H](N)[C@@H](O)C[C@H](C(=O)NCC(C)(C)C(N)=O)C(C)C)C(C)C)cc1CCCOCO.Cc1ccc(C[C@@H](C[C@H](N)[C@@H]2C[C@@H](C(C)C)C(=O)O2)C(C)C)cc1CCCOCO. The van der Waals surface area contributed by atoms with Crippen LogP contribution in [0.5, 0.6) is 0 Å². The fourth-order valence-corrected chi connectivity index (χ4v) is 19.9. The minimum absolute atomic E-state index is 0.00296. The molecule has 822 valence electrons. The summed E-state index contributed by atoms with van der Waals surface area (Å²) >= 11 is 3.45. The molecule has 4 heterocycles. The van der Waals surface area contributed by atoms with Gasteiger partial charge >= 0.3 is 17.9 Å². The molecule has 4 aliphatic rings. The van der Waals surface area contributed by atoms with Gasteiger partial charge in [0.1, 0.15) is 52.1 Å². The van der Waals surface area contributed by atoms with Gasteiger partial charge in [0.25, 0.3) is 0 Å². The number of esters is 3. The zero-order valence-electron chi connectivity index (χ0n) is 92.4. The second-order valence-corrected chi connectivity index (χ2v) is 45.3. The number of cyclic esters (lactones) is 3. The molecule has 0 spiro atoms. The first-order chi connectivity index (χ1) is 69.7. The van der Waals surface area contributed by atoms with E-state index in [2.05, 4.69) is 165 Å². The van der Waals surface area contributed by atoms with Gasteiger partial charge in [-0.2, -0.15) is 5.48 Å². The number of carbonyl (C=O) groups excluding carboxylic acids is 7. The largest absolute Gasteiger partial charge is 0.460 e. The quantitative estimate of drug-likeness (QED) is 0.00423. The van der Waals surface area contributed by atoms with E-state index in [-0.39, 0.29) is 177 Å². The molecule has 0 saturated carbocycles. The van der Waals surface area contributed by atoms with Gasteiger partial charge in [0, 0.05) is 79.3 Å². The average Bonchev–Trinajstić information content (AvgIpc) is 1.62. The number of aliphatic hydroxyl groups is 5. The maximum atomic E-state index is 13.9. The molecule has 10 rings (SSSR count). The molecule has 6 aromatic rings. The van der Waals surface area contributed by atoms with Gasteiger partial charge in [0.2, 0.25) is 17.7 Å². The number of hydroxylamine groups is 3. The lowest BCUT2D eigenvalue weighted by Gasteiger charge is -2.30. The van der Waals surface area contributed by atoms with Crippen LogP contribution in [0.25, 0.3) is 0 Å². The number of Topliss-reactive ketones (excluding diaryl/α,β-unsaturated/α-hetero) is 1. The Kier molecular flexibility index (Phi) is 57.1. The highest BCUT2D eigenvalue weighted by Gasteiger charge is 2.51. The van der Waals surface area contributed by atoms with E-state index in [1.165, 1.54) is 49.6 Å². The number of halogens is 1. The minimum Gasteiger partial charge on any atom is -0.460 e. The minimum atomic E-state index is -0.847. The number of nitrogens with two attached hydrogens (primary N) is 3. The van der Waals surface area contributed by atoms with Crippen molar-refractivity contribution in [3.63, 3.8) is 0 Å². The van der Waals surface area contributed by atoms with Crippen LogP contribution in [0.3, 0.4) is 0 Å². The lowest BCUT2D eigenvalue weighted by Crippen LogP contribution is -2.46. The van der Waals surface area contributed by atoms with Gasteiger partial charge in [-0.05, 0) is 295 Å². The van der Waals surface area contributed by atoms with Gasteiger partial charge < -0.3 is 81.2 Å². The molecule has 28 heteroatoms. The topological polar surface area (TPSA) is 409 Å². The molecule has 6 aromatic carbocycles. The van der Waals surface area contributed by atoms with Crippen LogP contribution in [0, 0.1) is 128 Å². The average molecular weight is 2110 g/mol. The Labute approximate surface area is 887 Å². The molecule has 0 radical (unpaired) electrons. The fourth-order valence-electron chi connectivity index (χ4n) is 19.4. The molecule has 4 fully saturated rings. The smallest absolute Gasteiger partial charge is 0.309 e. The summed E-state index contributed by atoms with van der Waals surface area (Å²) in [4.78, 5) is 100. The Balaban J connectivity index is 0.000000289. The number of rotatable bonds is 57. The van der Waals surface area contributed by atoms with Gasteiger partial charge in [0.15, 0.2) is 5.78 Å².